The fourth-order valence-corrected chi connectivity index (χ4v) is 2.69. The van der Waals surface area contributed by atoms with E-state index in [1.54, 1.807) is 0 Å². The molecule has 2 rings (SSSR count). The number of halogens is 4. The first-order valence-corrected chi connectivity index (χ1v) is 7.26. The number of carbonyl (C=O) groups excluding carboxylic acids is 1. The van der Waals surface area contributed by atoms with Gasteiger partial charge in [-0.3, -0.25) is 4.79 Å². The zero-order valence-electron chi connectivity index (χ0n) is 12.2. The summed E-state index contributed by atoms with van der Waals surface area (Å²) >= 11 is 0. The highest BCUT2D eigenvalue weighted by atomic mass is 19.4. The van der Waals surface area contributed by atoms with Crippen molar-refractivity contribution in [1.29, 1.82) is 0 Å². The number of nitrogens with one attached hydrogen (secondary N) is 1. The van der Waals surface area contributed by atoms with E-state index in [1.807, 2.05) is 0 Å². The molecule has 0 heterocycles. The second-order valence-corrected chi connectivity index (χ2v) is 5.74. The Kier molecular flexibility index (Phi) is 5.26. The molecule has 8 heteroatoms. The molecule has 0 radical (unpaired) electrons. The molecule has 1 aromatic rings. The van der Waals surface area contributed by atoms with E-state index in [4.69, 9.17) is 5.73 Å². The molecule has 0 bridgehead atoms. The van der Waals surface area contributed by atoms with Gasteiger partial charge in [-0.2, -0.15) is 13.2 Å². The summed E-state index contributed by atoms with van der Waals surface area (Å²) in [6.07, 6.45) is -4.32. The number of amides is 1. The summed E-state index contributed by atoms with van der Waals surface area (Å²) in [5.41, 5.74) is 4.11. The van der Waals surface area contributed by atoms with E-state index in [0.29, 0.717) is 18.9 Å². The van der Waals surface area contributed by atoms with E-state index < -0.39 is 41.5 Å². The normalized spacial score (nSPS) is 25.2. The Morgan fingerprint density at radius 3 is 2.65 bits per heavy atom. The van der Waals surface area contributed by atoms with Crippen molar-refractivity contribution in [3.05, 3.63) is 35.1 Å². The van der Waals surface area contributed by atoms with Crippen LogP contribution in [-0.4, -0.2) is 23.2 Å². The van der Waals surface area contributed by atoms with Gasteiger partial charge in [0.25, 0.3) is 0 Å². The molecule has 0 unspecified atom stereocenters. The fraction of sp³-hybridized carbons (Fsp3) is 0.533. The van der Waals surface area contributed by atoms with Crippen LogP contribution in [0.2, 0.25) is 0 Å². The van der Waals surface area contributed by atoms with Gasteiger partial charge in [0.05, 0.1) is 11.7 Å². The number of carbonyl (C=O) groups is 1. The number of rotatable bonds is 3. The Bertz CT molecular complexity index is 577. The van der Waals surface area contributed by atoms with Crippen molar-refractivity contribution < 1.29 is 27.5 Å². The monoisotopic (exact) mass is 334 g/mol. The van der Waals surface area contributed by atoms with E-state index in [-0.39, 0.29) is 18.5 Å². The molecule has 0 aromatic heterocycles. The third-order valence-electron chi connectivity index (χ3n) is 4.07. The lowest BCUT2D eigenvalue weighted by molar-refractivity contribution is -0.140. The van der Waals surface area contributed by atoms with Gasteiger partial charge in [0.2, 0.25) is 5.91 Å². The summed E-state index contributed by atoms with van der Waals surface area (Å²) in [6.45, 7) is -0.330. The maximum absolute atomic E-state index is 13.9. The van der Waals surface area contributed by atoms with Crippen molar-refractivity contribution in [2.45, 2.75) is 44.1 Å². The van der Waals surface area contributed by atoms with Crippen LogP contribution in [0.25, 0.3) is 0 Å². The van der Waals surface area contributed by atoms with Gasteiger partial charge in [-0.1, -0.05) is 12.1 Å². The first-order valence-electron chi connectivity index (χ1n) is 7.26. The van der Waals surface area contributed by atoms with Crippen LogP contribution < -0.4 is 11.1 Å². The summed E-state index contributed by atoms with van der Waals surface area (Å²) in [5.74, 6) is -2.21. The van der Waals surface area contributed by atoms with Crippen molar-refractivity contribution >= 4 is 5.91 Å². The molecule has 128 valence electrons. The van der Waals surface area contributed by atoms with Gasteiger partial charge in [0.1, 0.15) is 5.82 Å². The lowest BCUT2D eigenvalue weighted by Gasteiger charge is -2.30. The molecule has 0 saturated heterocycles. The van der Waals surface area contributed by atoms with Gasteiger partial charge in [0.15, 0.2) is 0 Å². The minimum absolute atomic E-state index is 0.228. The van der Waals surface area contributed by atoms with Crippen LogP contribution in [0.4, 0.5) is 17.6 Å². The van der Waals surface area contributed by atoms with Gasteiger partial charge in [0, 0.05) is 24.1 Å². The fourth-order valence-electron chi connectivity index (χ4n) is 2.69. The number of alkyl halides is 3. The van der Waals surface area contributed by atoms with Gasteiger partial charge in [-0.15, -0.1) is 0 Å². The molecule has 1 aliphatic carbocycles. The third kappa shape index (κ3) is 4.20. The van der Waals surface area contributed by atoms with Crippen LogP contribution in [0.3, 0.4) is 0 Å². The quantitative estimate of drug-likeness (QED) is 0.740. The highest BCUT2D eigenvalue weighted by molar-refractivity contribution is 5.78. The molecule has 0 aliphatic heterocycles. The minimum atomic E-state index is -4.78. The lowest BCUT2D eigenvalue weighted by atomic mass is 9.83. The van der Waals surface area contributed by atoms with Gasteiger partial charge >= 0.3 is 6.18 Å². The van der Waals surface area contributed by atoms with Crippen molar-refractivity contribution in [3.8, 4) is 0 Å². The molecule has 1 aromatic carbocycles. The highest BCUT2D eigenvalue weighted by Crippen LogP contribution is 2.32. The van der Waals surface area contributed by atoms with Gasteiger partial charge < -0.3 is 16.2 Å². The van der Waals surface area contributed by atoms with E-state index in [9.17, 15) is 27.5 Å². The van der Waals surface area contributed by atoms with Crippen LogP contribution in [0.1, 0.15) is 30.4 Å². The molecular formula is C15H18F4N2O2. The second kappa shape index (κ2) is 6.84. The SMILES string of the molecule is N[C@@H]1C[C@@H](C(=O)NCc2cccc(C(F)(F)F)c2F)CC[C@H]1O. The molecule has 4 N–H and O–H groups in total. The molecule has 3 atom stereocenters. The molecule has 1 amide bonds. The first-order chi connectivity index (χ1) is 10.7. The Labute approximate surface area is 130 Å². The number of hydrogen-bond donors (Lipinski definition) is 3. The number of aliphatic hydroxyl groups excluding tert-OH is 1. The predicted molar refractivity (Wildman–Crippen MR) is 74.6 cm³/mol. The number of benzene rings is 1. The van der Waals surface area contributed by atoms with E-state index in [2.05, 4.69) is 5.32 Å². The van der Waals surface area contributed by atoms with Crippen molar-refractivity contribution in [2.24, 2.45) is 11.7 Å². The van der Waals surface area contributed by atoms with Crippen molar-refractivity contribution in [2.75, 3.05) is 0 Å². The maximum Gasteiger partial charge on any atom is 0.419 e. The smallest absolute Gasteiger partial charge is 0.392 e. The van der Waals surface area contributed by atoms with Crippen LogP contribution >= 0.6 is 0 Å². The zero-order chi connectivity index (χ0) is 17.2. The zero-order valence-corrected chi connectivity index (χ0v) is 12.2. The number of hydrogen-bond acceptors (Lipinski definition) is 3. The summed E-state index contributed by atoms with van der Waals surface area (Å²) in [6, 6.07) is 2.44. The minimum Gasteiger partial charge on any atom is -0.392 e. The Morgan fingerprint density at radius 1 is 1.35 bits per heavy atom. The largest absolute Gasteiger partial charge is 0.419 e. The van der Waals surface area contributed by atoms with Crippen LogP contribution in [0.5, 0.6) is 0 Å². The molecule has 0 spiro atoms. The molecule has 1 aliphatic rings. The van der Waals surface area contributed by atoms with Gasteiger partial charge in [-0.25, -0.2) is 4.39 Å². The predicted octanol–water partition coefficient (Wildman–Crippen LogP) is 1.95. The standard InChI is InChI=1S/C15H18F4N2O2/c16-13-9(2-1-3-10(13)15(17,18)19)7-21-14(23)8-4-5-12(22)11(20)6-8/h1-3,8,11-12,22H,4-7,20H2,(H,21,23)/t8-,11+,12+/m0/s1. The molecule has 1 fully saturated rings. The summed E-state index contributed by atoms with van der Waals surface area (Å²) < 4.78 is 51.7. The summed E-state index contributed by atoms with van der Waals surface area (Å²) in [7, 11) is 0. The Balaban J connectivity index is 2.00. The average molecular weight is 334 g/mol. The van der Waals surface area contributed by atoms with Crippen LogP contribution in [-0.2, 0) is 17.5 Å². The van der Waals surface area contributed by atoms with Crippen molar-refractivity contribution in [3.63, 3.8) is 0 Å². The first kappa shape index (κ1) is 17.7. The molecular weight excluding hydrogens is 316 g/mol. The number of nitrogens with two attached hydrogens (primary N) is 1. The topological polar surface area (TPSA) is 75.4 Å². The second-order valence-electron chi connectivity index (χ2n) is 5.74. The highest BCUT2D eigenvalue weighted by Gasteiger charge is 2.35. The molecule has 1 saturated carbocycles. The van der Waals surface area contributed by atoms with E-state index >= 15 is 0 Å². The van der Waals surface area contributed by atoms with Gasteiger partial charge in [-0.05, 0) is 25.3 Å². The Morgan fingerprint density at radius 2 is 2.04 bits per heavy atom. The maximum atomic E-state index is 13.9. The van der Waals surface area contributed by atoms with Crippen LogP contribution in [0, 0.1) is 11.7 Å². The van der Waals surface area contributed by atoms with Crippen LogP contribution in [0.15, 0.2) is 18.2 Å². The van der Waals surface area contributed by atoms with E-state index in [0.717, 1.165) is 6.07 Å². The Hall–Kier alpha value is -1.67. The van der Waals surface area contributed by atoms with Crippen molar-refractivity contribution in [1.82, 2.24) is 5.32 Å². The number of aliphatic hydroxyl groups is 1. The molecule has 4 nitrogen and oxygen atoms in total. The summed E-state index contributed by atoms with van der Waals surface area (Å²) in [5, 5.41) is 12.0. The third-order valence-corrected chi connectivity index (χ3v) is 4.07. The molecule has 23 heavy (non-hydrogen) atoms. The lowest BCUT2D eigenvalue weighted by Crippen LogP contribution is -2.44. The van der Waals surface area contributed by atoms with E-state index in [1.165, 1.54) is 6.07 Å². The summed E-state index contributed by atoms with van der Waals surface area (Å²) in [4.78, 5) is 12.0. The average Bonchev–Trinajstić information content (AvgIpc) is 2.47.